The maximum Gasteiger partial charge on any atom is 0.251 e. The minimum atomic E-state index is -0.158. The summed E-state index contributed by atoms with van der Waals surface area (Å²) in [6.45, 7) is 0.493. The van der Waals surface area contributed by atoms with Crippen molar-refractivity contribution in [3.05, 3.63) is 23.8 Å². The zero-order chi connectivity index (χ0) is 12.8. The largest absolute Gasteiger partial charge is 0.493 e. The second-order valence-electron chi connectivity index (χ2n) is 3.17. The summed E-state index contributed by atoms with van der Waals surface area (Å²) in [5.41, 5.74) is 0.531. The van der Waals surface area contributed by atoms with Crippen molar-refractivity contribution < 1.29 is 14.3 Å². The van der Waals surface area contributed by atoms with E-state index >= 15 is 0 Å². The maximum absolute atomic E-state index is 11.8. The molecule has 0 aliphatic heterocycles. The Labute approximate surface area is 117 Å². The second kappa shape index (κ2) is 6.86. The summed E-state index contributed by atoms with van der Waals surface area (Å²) >= 11 is 6.57. The highest BCUT2D eigenvalue weighted by atomic mass is 79.9. The van der Waals surface area contributed by atoms with Gasteiger partial charge in [-0.3, -0.25) is 4.79 Å². The molecule has 1 aromatic carbocycles. The van der Waals surface area contributed by atoms with Crippen LogP contribution in [0.4, 0.5) is 0 Å². The lowest BCUT2D eigenvalue weighted by Gasteiger charge is -2.10. The Morgan fingerprint density at radius 1 is 1.29 bits per heavy atom. The van der Waals surface area contributed by atoms with Gasteiger partial charge in [0.25, 0.3) is 5.91 Å². The smallest absolute Gasteiger partial charge is 0.251 e. The molecule has 1 rings (SSSR count). The van der Waals surface area contributed by atoms with Gasteiger partial charge >= 0.3 is 0 Å². The molecule has 6 heteroatoms. The van der Waals surface area contributed by atoms with Gasteiger partial charge in [-0.05, 0) is 18.2 Å². The fraction of sp³-hybridized carbons (Fsp3) is 0.364. The molecule has 0 saturated heterocycles. The topological polar surface area (TPSA) is 47.6 Å². The highest BCUT2D eigenvalue weighted by molar-refractivity contribution is 9.24. The van der Waals surface area contributed by atoms with Crippen LogP contribution in [0.3, 0.4) is 0 Å². The molecule has 0 aliphatic carbocycles. The van der Waals surface area contributed by atoms with Crippen LogP contribution in [-0.2, 0) is 0 Å². The van der Waals surface area contributed by atoms with E-state index in [-0.39, 0.29) is 9.64 Å². The first-order valence-corrected chi connectivity index (χ1v) is 6.70. The number of benzene rings is 1. The predicted molar refractivity (Wildman–Crippen MR) is 73.5 cm³/mol. The second-order valence-corrected chi connectivity index (χ2v) is 6.61. The minimum absolute atomic E-state index is 0.0547. The van der Waals surface area contributed by atoms with Crippen LogP contribution in [-0.4, -0.2) is 30.4 Å². The molecule has 1 amide bonds. The molecule has 0 radical (unpaired) electrons. The van der Waals surface area contributed by atoms with Gasteiger partial charge in [-0.2, -0.15) is 0 Å². The van der Waals surface area contributed by atoms with Gasteiger partial charge in [-0.15, -0.1) is 0 Å². The molecule has 0 aromatic heterocycles. The molecule has 17 heavy (non-hydrogen) atoms. The first-order valence-electron chi connectivity index (χ1n) is 4.87. The normalized spacial score (nSPS) is 10.2. The molecule has 0 fully saturated rings. The third kappa shape index (κ3) is 4.20. The number of hydrogen-bond acceptors (Lipinski definition) is 3. The van der Waals surface area contributed by atoms with Crippen LogP contribution in [0.25, 0.3) is 0 Å². The molecule has 4 nitrogen and oxygen atoms in total. The molecule has 0 bridgehead atoms. The Kier molecular flexibility index (Phi) is 5.77. The average molecular weight is 367 g/mol. The highest BCUT2D eigenvalue weighted by Gasteiger charge is 2.11. The van der Waals surface area contributed by atoms with Crippen molar-refractivity contribution >= 4 is 37.8 Å². The molecule has 0 atom stereocenters. The summed E-state index contributed by atoms with van der Waals surface area (Å²) in [7, 11) is 3.09. The number of hydrogen-bond donors (Lipinski definition) is 1. The molecule has 94 valence electrons. The highest BCUT2D eigenvalue weighted by Crippen LogP contribution is 2.27. The fourth-order valence-corrected chi connectivity index (χ4v) is 1.57. The first-order chi connectivity index (χ1) is 8.08. The van der Waals surface area contributed by atoms with E-state index in [4.69, 9.17) is 9.47 Å². The molecule has 0 heterocycles. The molecular formula is C11H13Br2NO3. The van der Waals surface area contributed by atoms with Crippen molar-refractivity contribution in [2.45, 2.75) is 3.74 Å². The van der Waals surface area contributed by atoms with Crippen LogP contribution in [0.5, 0.6) is 11.5 Å². The van der Waals surface area contributed by atoms with Gasteiger partial charge in [0.2, 0.25) is 0 Å². The molecule has 0 spiro atoms. The van der Waals surface area contributed by atoms with E-state index in [0.717, 1.165) is 0 Å². The van der Waals surface area contributed by atoms with Gasteiger partial charge in [0.05, 0.1) is 18.0 Å². The minimum Gasteiger partial charge on any atom is -0.493 e. The third-order valence-electron chi connectivity index (χ3n) is 2.06. The third-order valence-corrected chi connectivity index (χ3v) is 2.71. The van der Waals surface area contributed by atoms with Crippen molar-refractivity contribution in [2.75, 3.05) is 20.8 Å². The fourth-order valence-electron chi connectivity index (χ4n) is 1.25. The Morgan fingerprint density at radius 2 is 1.94 bits per heavy atom. The lowest BCUT2D eigenvalue weighted by Crippen LogP contribution is -2.27. The van der Waals surface area contributed by atoms with Crippen LogP contribution >= 0.6 is 31.9 Å². The lowest BCUT2D eigenvalue weighted by molar-refractivity contribution is 0.0955. The van der Waals surface area contributed by atoms with Gasteiger partial charge in [-0.25, -0.2) is 0 Å². The zero-order valence-electron chi connectivity index (χ0n) is 9.50. The number of carbonyl (C=O) groups excluding carboxylic acids is 1. The van der Waals surface area contributed by atoms with Crippen LogP contribution in [0, 0.1) is 0 Å². The van der Waals surface area contributed by atoms with Gasteiger partial charge in [-0.1, -0.05) is 31.9 Å². The van der Waals surface area contributed by atoms with Crippen molar-refractivity contribution in [3.63, 3.8) is 0 Å². The van der Waals surface area contributed by atoms with Crippen molar-refractivity contribution in [3.8, 4) is 11.5 Å². The summed E-state index contributed by atoms with van der Waals surface area (Å²) in [4.78, 5) is 11.8. The van der Waals surface area contributed by atoms with E-state index in [1.165, 1.54) is 7.11 Å². The SMILES string of the molecule is COc1ccc(C(=O)NCC(Br)Br)cc1OC. The number of alkyl halides is 2. The number of carbonyl (C=O) groups is 1. The summed E-state index contributed by atoms with van der Waals surface area (Å²) in [6, 6.07) is 5.04. The Morgan fingerprint density at radius 3 is 2.47 bits per heavy atom. The number of amides is 1. The summed E-state index contributed by atoms with van der Waals surface area (Å²) < 4.78 is 10.3. The lowest BCUT2D eigenvalue weighted by atomic mass is 10.2. The number of methoxy groups -OCH3 is 2. The molecule has 1 aromatic rings. The summed E-state index contributed by atoms with van der Waals surface area (Å²) in [5.74, 6) is 0.979. The van der Waals surface area contributed by atoms with Crippen molar-refractivity contribution in [1.82, 2.24) is 5.32 Å². The predicted octanol–water partition coefficient (Wildman–Crippen LogP) is 2.55. The van der Waals surface area contributed by atoms with Crippen LogP contribution in [0.2, 0.25) is 0 Å². The molecule has 0 aliphatic rings. The van der Waals surface area contributed by atoms with Crippen LogP contribution in [0.1, 0.15) is 10.4 Å². The standard InChI is InChI=1S/C11H13Br2NO3/c1-16-8-4-3-7(5-9(8)17-2)11(15)14-6-10(12)13/h3-5,10H,6H2,1-2H3,(H,14,15). The Balaban J connectivity index is 2.81. The maximum atomic E-state index is 11.8. The number of halogens is 2. The molecular weight excluding hydrogens is 354 g/mol. The van der Waals surface area contributed by atoms with Crippen LogP contribution < -0.4 is 14.8 Å². The quantitative estimate of drug-likeness (QED) is 0.814. The van der Waals surface area contributed by atoms with Gasteiger partial charge in [0.1, 0.15) is 0 Å². The Bertz CT molecular complexity index is 396. The van der Waals surface area contributed by atoms with E-state index in [0.29, 0.717) is 23.6 Å². The molecule has 0 unspecified atom stereocenters. The Hall–Kier alpha value is -0.750. The number of nitrogens with one attached hydrogen (secondary N) is 1. The van der Waals surface area contributed by atoms with E-state index in [9.17, 15) is 4.79 Å². The number of rotatable bonds is 5. The van der Waals surface area contributed by atoms with Crippen molar-refractivity contribution in [1.29, 1.82) is 0 Å². The summed E-state index contributed by atoms with van der Waals surface area (Å²) in [6.07, 6.45) is 0. The number of ether oxygens (including phenoxy) is 2. The zero-order valence-corrected chi connectivity index (χ0v) is 12.7. The average Bonchev–Trinajstić information content (AvgIpc) is 2.34. The van der Waals surface area contributed by atoms with E-state index < -0.39 is 0 Å². The van der Waals surface area contributed by atoms with E-state index in [2.05, 4.69) is 37.2 Å². The first kappa shape index (κ1) is 14.3. The van der Waals surface area contributed by atoms with E-state index in [1.807, 2.05) is 0 Å². The molecule has 1 N–H and O–H groups in total. The monoisotopic (exact) mass is 365 g/mol. The van der Waals surface area contributed by atoms with Crippen LogP contribution in [0.15, 0.2) is 18.2 Å². The van der Waals surface area contributed by atoms with Gasteiger partial charge in [0, 0.05) is 12.1 Å². The van der Waals surface area contributed by atoms with E-state index in [1.54, 1.807) is 25.3 Å². The van der Waals surface area contributed by atoms with Crippen molar-refractivity contribution in [2.24, 2.45) is 0 Å². The molecule has 0 saturated carbocycles. The van der Waals surface area contributed by atoms with Gasteiger partial charge in [0.15, 0.2) is 11.5 Å². The summed E-state index contributed by atoms with van der Waals surface area (Å²) in [5, 5.41) is 2.76. The van der Waals surface area contributed by atoms with Gasteiger partial charge < -0.3 is 14.8 Å².